The first-order valence-electron chi connectivity index (χ1n) is 8.32. The molecule has 0 saturated carbocycles. The zero-order chi connectivity index (χ0) is 17.8. The van der Waals surface area contributed by atoms with Gasteiger partial charge in [-0.1, -0.05) is 18.7 Å². The Kier molecular flexibility index (Phi) is 5.33. The second-order valence-corrected chi connectivity index (χ2v) is 6.59. The van der Waals surface area contributed by atoms with Gasteiger partial charge in [0.15, 0.2) is 5.16 Å². The monoisotopic (exact) mass is 355 g/mol. The van der Waals surface area contributed by atoms with Crippen LogP contribution in [0.2, 0.25) is 0 Å². The number of fused-ring (bicyclic) bond motifs is 1. The van der Waals surface area contributed by atoms with E-state index in [0.29, 0.717) is 5.16 Å². The van der Waals surface area contributed by atoms with Crippen molar-refractivity contribution in [2.24, 2.45) is 0 Å². The van der Waals surface area contributed by atoms with Gasteiger partial charge in [0.25, 0.3) is 0 Å². The van der Waals surface area contributed by atoms with Gasteiger partial charge in [0.1, 0.15) is 5.82 Å². The third kappa shape index (κ3) is 3.99. The van der Waals surface area contributed by atoms with Crippen LogP contribution in [-0.4, -0.2) is 31.2 Å². The molecule has 1 N–H and O–H groups in total. The Bertz CT molecular complexity index is 906. The zero-order valence-corrected chi connectivity index (χ0v) is 15.4. The van der Waals surface area contributed by atoms with Gasteiger partial charge in [-0.2, -0.15) is 0 Å². The number of aryl methyl sites for hydroxylation is 3. The van der Waals surface area contributed by atoms with Crippen LogP contribution in [0, 0.1) is 6.92 Å². The maximum absolute atomic E-state index is 12.2. The molecule has 0 aliphatic rings. The number of nitrogens with one attached hydrogen (secondary N) is 1. The summed E-state index contributed by atoms with van der Waals surface area (Å²) in [6, 6.07) is 7.69. The largest absolute Gasteiger partial charge is 0.328 e. The van der Waals surface area contributed by atoms with Gasteiger partial charge in [-0.25, -0.2) is 15.0 Å². The van der Waals surface area contributed by atoms with E-state index in [-0.39, 0.29) is 11.7 Å². The zero-order valence-electron chi connectivity index (χ0n) is 14.6. The van der Waals surface area contributed by atoms with Gasteiger partial charge in [0.2, 0.25) is 5.91 Å². The molecule has 130 valence electrons. The van der Waals surface area contributed by atoms with E-state index in [4.69, 9.17) is 0 Å². The molecule has 0 fully saturated rings. The number of aromatic nitrogens is 4. The number of nitrogens with zero attached hydrogens (tertiary/aromatic N) is 4. The van der Waals surface area contributed by atoms with E-state index in [1.54, 1.807) is 6.20 Å². The molecule has 6 nitrogen and oxygen atoms in total. The van der Waals surface area contributed by atoms with E-state index >= 15 is 0 Å². The molecule has 0 aliphatic heterocycles. The summed E-state index contributed by atoms with van der Waals surface area (Å²) < 4.78 is 2.20. The molecule has 3 rings (SSSR count). The van der Waals surface area contributed by atoms with Crippen molar-refractivity contribution < 1.29 is 4.79 Å². The van der Waals surface area contributed by atoms with Gasteiger partial charge in [-0.3, -0.25) is 4.79 Å². The van der Waals surface area contributed by atoms with Crippen LogP contribution >= 0.6 is 11.8 Å². The van der Waals surface area contributed by atoms with Gasteiger partial charge < -0.3 is 9.88 Å². The number of rotatable bonds is 6. The minimum absolute atomic E-state index is 0.0832. The van der Waals surface area contributed by atoms with Crippen molar-refractivity contribution in [2.75, 3.05) is 11.1 Å². The predicted octanol–water partition coefficient (Wildman–Crippen LogP) is 3.45. The molecule has 0 spiro atoms. The van der Waals surface area contributed by atoms with Crippen LogP contribution in [0.1, 0.15) is 25.4 Å². The number of hydrogen-bond donors (Lipinski definition) is 1. The number of imidazole rings is 1. The van der Waals surface area contributed by atoms with E-state index in [2.05, 4.69) is 38.7 Å². The fourth-order valence-electron chi connectivity index (χ4n) is 2.70. The Hall–Kier alpha value is -2.41. The number of benzene rings is 1. The van der Waals surface area contributed by atoms with Gasteiger partial charge in [-0.15, -0.1) is 0 Å². The van der Waals surface area contributed by atoms with Gasteiger partial charge in [0.05, 0.1) is 16.8 Å². The lowest BCUT2D eigenvalue weighted by Gasteiger charge is -2.06. The molecule has 1 amide bonds. The van der Waals surface area contributed by atoms with Crippen molar-refractivity contribution >= 4 is 34.4 Å². The van der Waals surface area contributed by atoms with E-state index in [1.165, 1.54) is 11.8 Å². The first kappa shape index (κ1) is 17.4. The van der Waals surface area contributed by atoms with Gasteiger partial charge >= 0.3 is 0 Å². The third-order valence-corrected chi connectivity index (χ3v) is 4.71. The second-order valence-electron chi connectivity index (χ2n) is 5.65. The molecular formula is C18H21N5OS. The lowest BCUT2D eigenvalue weighted by molar-refractivity contribution is -0.113. The molecule has 3 aromatic rings. The molecule has 0 radical (unpaired) electrons. The van der Waals surface area contributed by atoms with Crippen LogP contribution in [0.3, 0.4) is 0 Å². The van der Waals surface area contributed by atoms with Crippen molar-refractivity contribution in [3.8, 4) is 0 Å². The molecular weight excluding hydrogens is 334 g/mol. The molecule has 0 atom stereocenters. The average Bonchev–Trinajstić information content (AvgIpc) is 2.97. The highest BCUT2D eigenvalue weighted by Crippen LogP contribution is 2.21. The Balaban J connectivity index is 1.68. The summed E-state index contributed by atoms with van der Waals surface area (Å²) in [5.74, 6) is 1.25. The first-order chi connectivity index (χ1) is 12.1. The fourth-order valence-corrected chi connectivity index (χ4v) is 3.38. The lowest BCUT2D eigenvalue weighted by atomic mass is 10.2. The Morgan fingerprint density at radius 3 is 2.80 bits per heavy atom. The first-order valence-corrected chi connectivity index (χ1v) is 9.30. The molecule has 0 unspecified atom stereocenters. The summed E-state index contributed by atoms with van der Waals surface area (Å²) in [7, 11) is 0. The summed E-state index contributed by atoms with van der Waals surface area (Å²) in [5.41, 5.74) is 3.65. The SMILES string of the molecule is CCc1nc2cc(NC(=O)CSc3nccc(C)n3)ccc2n1CC. The molecule has 2 aromatic heterocycles. The normalized spacial score (nSPS) is 11.0. The molecule has 2 heterocycles. The summed E-state index contributed by atoms with van der Waals surface area (Å²) >= 11 is 1.33. The van der Waals surface area contributed by atoms with Gasteiger partial charge in [0, 0.05) is 30.5 Å². The maximum atomic E-state index is 12.2. The van der Waals surface area contributed by atoms with Crippen LogP contribution in [0.25, 0.3) is 11.0 Å². The topological polar surface area (TPSA) is 72.7 Å². The minimum atomic E-state index is -0.0832. The molecule has 0 aliphatic carbocycles. The quantitative estimate of drug-likeness (QED) is 0.541. The van der Waals surface area contributed by atoms with Crippen LogP contribution < -0.4 is 5.32 Å². The van der Waals surface area contributed by atoms with Crippen LogP contribution in [-0.2, 0) is 17.8 Å². The van der Waals surface area contributed by atoms with Crippen molar-refractivity contribution in [1.82, 2.24) is 19.5 Å². The van der Waals surface area contributed by atoms with Crippen molar-refractivity contribution in [3.63, 3.8) is 0 Å². The number of anilines is 1. The number of carbonyl (C=O) groups is 1. The predicted molar refractivity (Wildman–Crippen MR) is 101 cm³/mol. The van der Waals surface area contributed by atoms with Crippen LogP contribution in [0.5, 0.6) is 0 Å². The van der Waals surface area contributed by atoms with Gasteiger partial charge in [-0.05, 0) is 38.1 Å². The second kappa shape index (κ2) is 7.65. The van der Waals surface area contributed by atoms with Crippen molar-refractivity contribution in [2.45, 2.75) is 38.9 Å². The highest BCUT2D eigenvalue weighted by molar-refractivity contribution is 7.99. The van der Waals surface area contributed by atoms with Crippen LogP contribution in [0.4, 0.5) is 5.69 Å². The summed E-state index contributed by atoms with van der Waals surface area (Å²) in [6.45, 7) is 7.00. The number of carbonyl (C=O) groups excluding carboxylic acids is 1. The van der Waals surface area contributed by atoms with E-state index in [1.807, 2.05) is 31.2 Å². The number of thioether (sulfide) groups is 1. The molecule has 0 bridgehead atoms. The third-order valence-electron chi connectivity index (χ3n) is 3.85. The number of amides is 1. The molecule has 0 saturated heterocycles. The average molecular weight is 355 g/mol. The summed E-state index contributed by atoms with van der Waals surface area (Å²) in [6.07, 6.45) is 2.59. The Morgan fingerprint density at radius 2 is 2.08 bits per heavy atom. The van der Waals surface area contributed by atoms with Crippen molar-refractivity contribution in [3.05, 3.63) is 42.0 Å². The summed E-state index contributed by atoms with van der Waals surface area (Å²) in [4.78, 5) is 25.3. The number of hydrogen-bond acceptors (Lipinski definition) is 5. The fraction of sp³-hybridized carbons (Fsp3) is 0.333. The highest BCUT2D eigenvalue weighted by atomic mass is 32.2. The standard InChI is InChI=1S/C18H21N5OS/c1-4-16-22-14-10-13(6-7-15(14)23(16)5-2)21-17(24)11-25-18-19-9-8-12(3)20-18/h6-10H,4-5,11H2,1-3H3,(H,21,24). The highest BCUT2D eigenvalue weighted by Gasteiger charge is 2.10. The molecule has 1 aromatic carbocycles. The molecule has 7 heteroatoms. The maximum Gasteiger partial charge on any atom is 0.234 e. The van der Waals surface area contributed by atoms with Crippen molar-refractivity contribution in [1.29, 1.82) is 0 Å². The van der Waals surface area contributed by atoms with E-state index < -0.39 is 0 Å². The Labute approximate surface area is 151 Å². The smallest absolute Gasteiger partial charge is 0.234 e. The summed E-state index contributed by atoms with van der Waals surface area (Å²) in [5, 5.41) is 3.53. The lowest BCUT2D eigenvalue weighted by Crippen LogP contribution is -2.14. The van der Waals surface area contributed by atoms with E-state index in [0.717, 1.165) is 41.2 Å². The van der Waals surface area contributed by atoms with E-state index in [9.17, 15) is 4.79 Å². The Morgan fingerprint density at radius 1 is 1.24 bits per heavy atom. The molecule has 25 heavy (non-hydrogen) atoms. The minimum Gasteiger partial charge on any atom is -0.328 e. The van der Waals surface area contributed by atoms with Crippen LogP contribution in [0.15, 0.2) is 35.6 Å².